The summed E-state index contributed by atoms with van der Waals surface area (Å²) in [6.45, 7) is 0. The molecule has 0 bridgehead atoms. The molecule has 0 saturated carbocycles. The van der Waals surface area contributed by atoms with Crippen molar-refractivity contribution in [2.75, 3.05) is 0 Å². The molecule has 18 heavy (non-hydrogen) atoms. The average molecular weight is 248 g/mol. The highest BCUT2D eigenvalue weighted by molar-refractivity contribution is 5.94. The van der Waals surface area contributed by atoms with Gasteiger partial charge in [-0.2, -0.15) is 4.99 Å². The molecule has 2 rings (SSSR count). The van der Waals surface area contributed by atoms with E-state index in [1.807, 2.05) is 0 Å². The van der Waals surface area contributed by atoms with Crippen molar-refractivity contribution in [1.82, 2.24) is 4.57 Å². The Hall–Kier alpha value is -2.77. The van der Waals surface area contributed by atoms with E-state index in [-0.39, 0.29) is 11.9 Å². The fraction of sp³-hybridized carbons (Fsp3) is 0.100. The van der Waals surface area contributed by atoms with E-state index in [1.54, 1.807) is 25.2 Å². The SMILES string of the molecule is Cn1c(=O)oc2ccc(N=C(N)N=C(N)N)cc21. The predicted octanol–water partition coefficient (Wildman–Crippen LogP) is -0.649. The number of benzene rings is 1. The summed E-state index contributed by atoms with van der Waals surface area (Å²) in [4.78, 5) is 18.9. The van der Waals surface area contributed by atoms with Gasteiger partial charge in [0.2, 0.25) is 5.96 Å². The van der Waals surface area contributed by atoms with Crippen molar-refractivity contribution < 1.29 is 4.42 Å². The molecular formula is C10H12N6O2. The maximum absolute atomic E-state index is 11.3. The lowest BCUT2D eigenvalue weighted by Crippen LogP contribution is -2.26. The summed E-state index contributed by atoms with van der Waals surface area (Å²) in [7, 11) is 1.60. The molecule has 0 aliphatic carbocycles. The van der Waals surface area contributed by atoms with E-state index < -0.39 is 5.76 Å². The van der Waals surface area contributed by atoms with Crippen molar-refractivity contribution in [2.24, 2.45) is 34.2 Å². The highest BCUT2D eigenvalue weighted by Crippen LogP contribution is 2.19. The summed E-state index contributed by atoms with van der Waals surface area (Å²) in [6, 6.07) is 4.91. The molecule has 0 amide bonds. The smallest absolute Gasteiger partial charge is 0.408 e. The van der Waals surface area contributed by atoms with Crippen LogP contribution in [0.1, 0.15) is 0 Å². The Kier molecular flexibility index (Phi) is 2.76. The lowest BCUT2D eigenvalue weighted by atomic mass is 10.3. The van der Waals surface area contributed by atoms with Crippen LogP contribution >= 0.6 is 0 Å². The Morgan fingerprint density at radius 2 is 2.06 bits per heavy atom. The molecule has 6 N–H and O–H groups in total. The Balaban J connectivity index is 2.51. The number of guanidine groups is 2. The molecule has 1 aromatic heterocycles. The summed E-state index contributed by atoms with van der Waals surface area (Å²) < 4.78 is 6.35. The molecule has 0 radical (unpaired) electrons. The Morgan fingerprint density at radius 3 is 2.72 bits per heavy atom. The number of fused-ring (bicyclic) bond motifs is 1. The normalized spacial score (nSPS) is 11.7. The molecule has 0 atom stereocenters. The number of rotatable bonds is 1. The molecule has 0 unspecified atom stereocenters. The maximum Gasteiger partial charge on any atom is 0.419 e. The number of aliphatic imine (C=N–C) groups is 2. The molecule has 8 heteroatoms. The topological polar surface area (TPSA) is 138 Å². The number of hydrogen-bond donors (Lipinski definition) is 3. The lowest BCUT2D eigenvalue weighted by Gasteiger charge is -1.97. The summed E-state index contributed by atoms with van der Waals surface area (Å²) in [5.74, 6) is -0.681. The Labute approximate surface area is 101 Å². The molecule has 0 aliphatic rings. The van der Waals surface area contributed by atoms with E-state index in [1.165, 1.54) is 4.57 Å². The van der Waals surface area contributed by atoms with Crippen LogP contribution in [0, 0.1) is 0 Å². The monoisotopic (exact) mass is 248 g/mol. The van der Waals surface area contributed by atoms with Crippen LogP contribution in [0.5, 0.6) is 0 Å². The summed E-state index contributed by atoms with van der Waals surface area (Å²) in [5, 5.41) is 0. The fourth-order valence-corrected chi connectivity index (χ4v) is 1.47. The Bertz CT molecular complexity index is 705. The van der Waals surface area contributed by atoms with E-state index in [4.69, 9.17) is 21.6 Å². The highest BCUT2D eigenvalue weighted by Gasteiger charge is 2.06. The first-order valence-corrected chi connectivity index (χ1v) is 5.01. The van der Waals surface area contributed by atoms with Gasteiger partial charge in [-0.05, 0) is 18.2 Å². The molecule has 8 nitrogen and oxygen atoms in total. The van der Waals surface area contributed by atoms with Crippen molar-refractivity contribution in [1.29, 1.82) is 0 Å². The first-order chi connectivity index (χ1) is 8.47. The molecule has 0 aliphatic heterocycles. The van der Waals surface area contributed by atoms with E-state index in [2.05, 4.69) is 9.98 Å². The largest absolute Gasteiger partial charge is 0.419 e. The minimum atomic E-state index is -0.441. The third-order valence-corrected chi connectivity index (χ3v) is 2.26. The van der Waals surface area contributed by atoms with Crippen LogP contribution in [0.3, 0.4) is 0 Å². The standard InChI is InChI=1S/C10H12N6O2/c1-16-6-4-5(14-9(13)15-8(11)12)2-3-7(6)18-10(16)17/h2-4H,1H3,(H6,11,12,13,14,15). The number of oxazole rings is 1. The fourth-order valence-electron chi connectivity index (χ4n) is 1.47. The van der Waals surface area contributed by atoms with Gasteiger partial charge in [-0.15, -0.1) is 0 Å². The number of aryl methyl sites for hydroxylation is 1. The molecule has 0 spiro atoms. The summed E-state index contributed by atoms with van der Waals surface area (Å²) in [6.07, 6.45) is 0. The second kappa shape index (κ2) is 4.24. The second-order valence-electron chi connectivity index (χ2n) is 3.59. The molecule has 94 valence electrons. The number of hydrogen-bond acceptors (Lipinski definition) is 3. The maximum atomic E-state index is 11.3. The zero-order chi connectivity index (χ0) is 13.3. The minimum absolute atomic E-state index is 0.0668. The van der Waals surface area contributed by atoms with E-state index in [0.717, 1.165) is 0 Å². The zero-order valence-electron chi connectivity index (χ0n) is 9.62. The average Bonchev–Trinajstić information content (AvgIpc) is 2.54. The third-order valence-electron chi connectivity index (χ3n) is 2.26. The number of nitrogens with zero attached hydrogens (tertiary/aromatic N) is 3. The van der Waals surface area contributed by atoms with Crippen LogP contribution in [0.25, 0.3) is 11.1 Å². The zero-order valence-corrected chi connectivity index (χ0v) is 9.62. The second-order valence-corrected chi connectivity index (χ2v) is 3.59. The lowest BCUT2D eigenvalue weighted by molar-refractivity contribution is 0.528. The van der Waals surface area contributed by atoms with Crippen LogP contribution < -0.4 is 23.0 Å². The third kappa shape index (κ3) is 2.17. The molecule has 0 fully saturated rings. The summed E-state index contributed by atoms with van der Waals surface area (Å²) >= 11 is 0. The van der Waals surface area contributed by atoms with Crippen molar-refractivity contribution in [2.45, 2.75) is 0 Å². The van der Waals surface area contributed by atoms with Gasteiger partial charge >= 0.3 is 5.76 Å². The van der Waals surface area contributed by atoms with Crippen LogP contribution in [0.2, 0.25) is 0 Å². The van der Waals surface area contributed by atoms with Crippen LogP contribution in [0.4, 0.5) is 5.69 Å². The molecule has 2 aromatic rings. The van der Waals surface area contributed by atoms with Gasteiger partial charge in [-0.3, -0.25) is 4.57 Å². The van der Waals surface area contributed by atoms with Crippen molar-refractivity contribution >= 4 is 28.7 Å². The predicted molar refractivity (Wildman–Crippen MR) is 68.5 cm³/mol. The van der Waals surface area contributed by atoms with Gasteiger partial charge in [0, 0.05) is 7.05 Å². The van der Waals surface area contributed by atoms with Crippen molar-refractivity contribution in [3.8, 4) is 0 Å². The minimum Gasteiger partial charge on any atom is -0.408 e. The van der Waals surface area contributed by atoms with E-state index in [0.29, 0.717) is 16.8 Å². The van der Waals surface area contributed by atoms with Gasteiger partial charge in [-0.25, -0.2) is 9.79 Å². The van der Waals surface area contributed by atoms with Gasteiger partial charge < -0.3 is 21.6 Å². The van der Waals surface area contributed by atoms with Gasteiger partial charge in [0.25, 0.3) is 0 Å². The molecular weight excluding hydrogens is 236 g/mol. The first-order valence-electron chi connectivity index (χ1n) is 5.01. The first kappa shape index (κ1) is 11.7. The summed E-state index contributed by atoms with van der Waals surface area (Å²) in [5.41, 5.74) is 17.4. The van der Waals surface area contributed by atoms with Gasteiger partial charge in [-0.1, -0.05) is 0 Å². The quantitative estimate of drug-likeness (QED) is 0.454. The van der Waals surface area contributed by atoms with Gasteiger partial charge in [0.15, 0.2) is 11.5 Å². The van der Waals surface area contributed by atoms with E-state index in [9.17, 15) is 4.79 Å². The number of nitrogens with two attached hydrogens (primary N) is 3. The number of aromatic nitrogens is 1. The van der Waals surface area contributed by atoms with Crippen LogP contribution in [0.15, 0.2) is 37.4 Å². The Morgan fingerprint density at radius 1 is 1.33 bits per heavy atom. The van der Waals surface area contributed by atoms with Crippen molar-refractivity contribution in [3.05, 3.63) is 28.7 Å². The van der Waals surface area contributed by atoms with Crippen molar-refractivity contribution in [3.63, 3.8) is 0 Å². The van der Waals surface area contributed by atoms with Gasteiger partial charge in [0.1, 0.15) is 0 Å². The molecule has 0 saturated heterocycles. The molecule has 1 heterocycles. The van der Waals surface area contributed by atoms with Gasteiger partial charge in [0.05, 0.1) is 11.2 Å². The van der Waals surface area contributed by atoms with Crippen LogP contribution in [-0.2, 0) is 7.05 Å². The van der Waals surface area contributed by atoms with Crippen LogP contribution in [-0.4, -0.2) is 16.5 Å². The molecule has 1 aromatic carbocycles. The highest BCUT2D eigenvalue weighted by atomic mass is 16.4. The van der Waals surface area contributed by atoms with E-state index >= 15 is 0 Å².